The van der Waals surface area contributed by atoms with Crippen molar-refractivity contribution in [2.45, 2.75) is 12.8 Å². The lowest BCUT2D eigenvalue weighted by molar-refractivity contribution is -0.137. The lowest BCUT2D eigenvalue weighted by Crippen LogP contribution is -2.01. The molecule has 0 amide bonds. The Bertz CT molecular complexity index is 486. The van der Waals surface area contributed by atoms with Crippen molar-refractivity contribution in [2.24, 2.45) is 0 Å². The maximum absolute atomic E-state index is 10.3. The Morgan fingerprint density at radius 3 is 3.06 bits per heavy atom. The molecule has 16 heavy (non-hydrogen) atoms. The van der Waals surface area contributed by atoms with Crippen molar-refractivity contribution in [1.82, 2.24) is 0 Å². The van der Waals surface area contributed by atoms with Crippen LogP contribution in [-0.2, 0) is 4.79 Å². The van der Waals surface area contributed by atoms with Crippen molar-refractivity contribution in [1.29, 1.82) is 0 Å². The van der Waals surface area contributed by atoms with Crippen LogP contribution in [0.3, 0.4) is 0 Å². The normalized spacial score (nSPS) is 10.5. The highest BCUT2D eigenvalue weighted by Gasteiger charge is 2.01. The molecule has 0 aliphatic carbocycles. The Morgan fingerprint density at radius 2 is 2.25 bits per heavy atom. The van der Waals surface area contributed by atoms with Crippen LogP contribution in [-0.4, -0.2) is 17.7 Å². The standard InChI is InChI=1S/C12H12O4/c13-12(14)2-1-6-15-10-4-3-9-5-7-16-11(9)8-10/h3-5,7-8H,1-2,6H2,(H,13,14). The van der Waals surface area contributed by atoms with Gasteiger partial charge in [0.25, 0.3) is 0 Å². The van der Waals surface area contributed by atoms with Crippen molar-refractivity contribution in [3.05, 3.63) is 30.5 Å². The molecule has 0 bridgehead atoms. The molecule has 4 heteroatoms. The number of carbonyl (C=O) groups is 1. The monoisotopic (exact) mass is 220 g/mol. The zero-order chi connectivity index (χ0) is 11.4. The number of benzene rings is 1. The lowest BCUT2D eigenvalue weighted by Gasteiger charge is -2.04. The van der Waals surface area contributed by atoms with Crippen LogP contribution >= 0.6 is 0 Å². The molecule has 1 N–H and O–H groups in total. The van der Waals surface area contributed by atoms with Gasteiger partial charge in [-0.25, -0.2) is 0 Å². The van der Waals surface area contributed by atoms with Crippen LogP contribution in [0, 0.1) is 0 Å². The lowest BCUT2D eigenvalue weighted by atomic mass is 10.2. The summed E-state index contributed by atoms with van der Waals surface area (Å²) in [5, 5.41) is 9.48. The third kappa shape index (κ3) is 2.53. The van der Waals surface area contributed by atoms with E-state index in [-0.39, 0.29) is 6.42 Å². The third-order valence-electron chi connectivity index (χ3n) is 2.23. The molecule has 4 nitrogen and oxygen atoms in total. The molecule has 0 unspecified atom stereocenters. The van der Waals surface area contributed by atoms with E-state index in [4.69, 9.17) is 14.3 Å². The second-order valence-electron chi connectivity index (χ2n) is 3.47. The summed E-state index contributed by atoms with van der Waals surface area (Å²) in [7, 11) is 0. The average Bonchev–Trinajstić information content (AvgIpc) is 2.71. The maximum atomic E-state index is 10.3. The van der Waals surface area contributed by atoms with Crippen LogP contribution < -0.4 is 4.74 Å². The largest absolute Gasteiger partial charge is 0.493 e. The summed E-state index contributed by atoms with van der Waals surface area (Å²) < 4.78 is 10.6. The van der Waals surface area contributed by atoms with Gasteiger partial charge in [0.1, 0.15) is 11.3 Å². The summed E-state index contributed by atoms with van der Waals surface area (Å²) in [6.07, 6.45) is 2.26. The number of fused-ring (bicyclic) bond motifs is 1. The van der Waals surface area contributed by atoms with Crippen LogP contribution in [0.1, 0.15) is 12.8 Å². The molecule has 0 fully saturated rings. The van der Waals surface area contributed by atoms with Gasteiger partial charge in [-0.3, -0.25) is 4.79 Å². The van der Waals surface area contributed by atoms with Gasteiger partial charge in [-0.15, -0.1) is 0 Å². The average molecular weight is 220 g/mol. The topological polar surface area (TPSA) is 59.7 Å². The Hall–Kier alpha value is -1.97. The number of carboxylic acid groups (broad SMARTS) is 1. The Labute approximate surface area is 92.4 Å². The van der Waals surface area contributed by atoms with Crippen LogP contribution in [0.5, 0.6) is 5.75 Å². The minimum absolute atomic E-state index is 0.128. The van der Waals surface area contributed by atoms with E-state index in [0.29, 0.717) is 18.8 Å². The maximum Gasteiger partial charge on any atom is 0.303 e. The summed E-state index contributed by atoms with van der Waals surface area (Å²) in [6.45, 7) is 0.401. The van der Waals surface area contributed by atoms with Crippen LogP contribution in [0.15, 0.2) is 34.9 Å². The van der Waals surface area contributed by atoms with E-state index >= 15 is 0 Å². The van der Waals surface area contributed by atoms with Gasteiger partial charge in [-0.05, 0) is 24.6 Å². The first-order valence-electron chi connectivity index (χ1n) is 5.07. The molecule has 0 saturated carbocycles. The van der Waals surface area contributed by atoms with Crippen LogP contribution in [0.25, 0.3) is 11.0 Å². The van der Waals surface area contributed by atoms with Crippen molar-refractivity contribution >= 4 is 16.9 Å². The first-order chi connectivity index (χ1) is 7.75. The molecule has 0 spiro atoms. The van der Waals surface area contributed by atoms with Gasteiger partial charge in [0.2, 0.25) is 0 Å². The van der Waals surface area contributed by atoms with E-state index in [1.54, 1.807) is 12.3 Å². The van der Waals surface area contributed by atoms with E-state index in [1.165, 1.54) is 0 Å². The number of ether oxygens (including phenoxy) is 1. The second-order valence-corrected chi connectivity index (χ2v) is 3.47. The Morgan fingerprint density at radius 1 is 1.38 bits per heavy atom. The van der Waals surface area contributed by atoms with E-state index < -0.39 is 5.97 Å². The highest BCUT2D eigenvalue weighted by molar-refractivity contribution is 5.78. The van der Waals surface area contributed by atoms with Gasteiger partial charge >= 0.3 is 5.97 Å². The minimum Gasteiger partial charge on any atom is -0.493 e. The first-order valence-corrected chi connectivity index (χ1v) is 5.07. The summed E-state index contributed by atoms with van der Waals surface area (Å²) in [5.41, 5.74) is 0.774. The van der Waals surface area contributed by atoms with E-state index in [9.17, 15) is 4.79 Å². The summed E-state index contributed by atoms with van der Waals surface area (Å²) in [6, 6.07) is 7.43. The molecular formula is C12H12O4. The zero-order valence-corrected chi connectivity index (χ0v) is 8.68. The van der Waals surface area contributed by atoms with Gasteiger partial charge in [0.05, 0.1) is 12.9 Å². The van der Waals surface area contributed by atoms with Crippen LogP contribution in [0.4, 0.5) is 0 Å². The Kier molecular flexibility index (Phi) is 3.10. The highest BCUT2D eigenvalue weighted by Crippen LogP contribution is 2.21. The number of aliphatic carboxylic acids is 1. The van der Waals surface area contributed by atoms with Gasteiger partial charge in [-0.2, -0.15) is 0 Å². The molecule has 2 aromatic rings. The van der Waals surface area contributed by atoms with Gasteiger partial charge < -0.3 is 14.3 Å². The molecule has 84 valence electrons. The first kappa shape index (κ1) is 10.5. The molecule has 1 aromatic carbocycles. The molecule has 1 aromatic heterocycles. The van der Waals surface area contributed by atoms with Crippen molar-refractivity contribution in [2.75, 3.05) is 6.61 Å². The van der Waals surface area contributed by atoms with Crippen LogP contribution in [0.2, 0.25) is 0 Å². The molecule has 0 aliphatic heterocycles. The SMILES string of the molecule is O=C(O)CCCOc1ccc2ccoc2c1. The van der Waals surface area contributed by atoms with Gasteiger partial charge in [0, 0.05) is 17.9 Å². The minimum atomic E-state index is -0.801. The smallest absolute Gasteiger partial charge is 0.303 e. The number of hydrogen-bond donors (Lipinski definition) is 1. The quantitative estimate of drug-likeness (QED) is 0.787. The van der Waals surface area contributed by atoms with Crippen molar-refractivity contribution < 1.29 is 19.1 Å². The number of hydrogen-bond acceptors (Lipinski definition) is 3. The molecule has 0 radical (unpaired) electrons. The summed E-state index contributed by atoms with van der Waals surface area (Å²) in [5.74, 6) is -0.0991. The van der Waals surface area contributed by atoms with E-state index in [2.05, 4.69) is 0 Å². The predicted octanol–water partition coefficient (Wildman–Crippen LogP) is 2.68. The fourth-order valence-corrected chi connectivity index (χ4v) is 1.44. The molecule has 0 saturated heterocycles. The van der Waals surface area contributed by atoms with Crippen molar-refractivity contribution in [3.8, 4) is 5.75 Å². The molecule has 1 heterocycles. The highest BCUT2D eigenvalue weighted by atomic mass is 16.5. The van der Waals surface area contributed by atoms with E-state index in [0.717, 1.165) is 11.0 Å². The van der Waals surface area contributed by atoms with Gasteiger partial charge in [-0.1, -0.05) is 0 Å². The fourth-order valence-electron chi connectivity index (χ4n) is 1.44. The Balaban J connectivity index is 1.91. The van der Waals surface area contributed by atoms with Gasteiger partial charge in [0.15, 0.2) is 0 Å². The number of carboxylic acids is 1. The summed E-state index contributed by atoms with van der Waals surface area (Å²) >= 11 is 0. The molecule has 2 rings (SSSR count). The number of furan rings is 1. The second kappa shape index (κ2) is 4.70. The zero-order valence-electron chi connectivity index (χ0n) is 8.68. The molecule has 0 aliphatic rings. The summed E-state index contributed by atoms with van der Waals surface area (Å²) in [4.78, 5) is 10.3. The molecular weight excluding hydrogens is 208 g/mol. The van der Waals surface area contributed by atoms with E-state index in [1.807, 2.05) is 18.2 Å². The molecule has 0 atom stereocenters. The third-order valence-corrected chi connectivity index (χ3v) is 2.23. The fraction of sp³-hybridized carbons (Fsp3) is 0.250. The number of rotatable bonds is 5. The predicted molar refractivity (Wildman–Crippen MR) is 58.6 cm³/mol. The van der Waals surface area contributed by atoms with Crippen molar-refractivity contribution in [3.63, 3.8) is 0 Å².